The first kappa shape index (κ1) is 14.5. The number of hydrogen-bond acceptors (Lipinski definition) is 2. The van der Waals surface area contributed by atoms with E-state index < -0.39 is 0 Å². The van der Waals surface area contributed by atoms with E-state index in [-0.39, 0.29) is 0 Å². The number of benzene rings is 1. The van der Waals surface area contributed by atoms with E-state index in [4.69, 9.17) is 4.74 Å². The number of ether oxygens (including phenoxy) is 1. The Kier molecular flexibility index (Phi) is 5.87. The second kappa shape index (κ2) is 7.66. The van der Waals surface area contributed by atoms with Gasteiger partial charge >= 0.3 is 0 Å². The molecule has 0 saturated heterocycles. The van der Waals surface area contributed by atoms with Crippen molar-refractivity contribution >= 4 is 0 Å². The first-order valence-corrected chi connectivity index (χ1v) is 7.68. The maximum absolute atomic E-state index is 6.05. The summed E-state index contributed by atoms with van der Waals surface area (Å²) >= 11 is 0. The lowest BCUT2D eigenvalue weighted by Crippen LogP contribution is -2.35. The van der Waals surface area contributed by atoms with E-state index in [0.717, 1.165) is 19.2 Å². The Morgan fingerprint density at radius 2 is 2.00 bits per heavy atom. The van der Waals surface area contributed by atoms with Crippen LogP contribution in [0.1, 0.15) is 50.2 Å². The summed E-state index contributed by atoms with van der Waals surface area (Å²) in [4.78, 5) is 0. The van der Waals surface area contributed by atoms with E-state index in [0.29, 0.717) is 6.10 Å². The minimum Gasteiger partial charge on any atom is -0.374 e. The molecule has 0 unspecified atom stereocenters. The average molecular weight is 261 g/mol. The smallest absolute Gasteiger partial charge is 0.0720 e. The molecule has 0 radical (unpaired) electrons. The quantitative estimate of drug-likeness (QED) is 0.840. The first-order chi connectivity index (χ1) is 9.28. The average Bonchev–Trinajstić information content (AvgIpc) is 2.44. The monoisotopic (exact) mass is 261 g/mol. The van der Waals surface area contributed by atoms with Crippen LogP contribution in [0, 0.1) is 6.92 Å². The fourth-order valence-electron chi connectivity index (χ4n) is 2.80. The van der Waals surface area contributed by atoms with Gasteiger partial charge in [0.1, 0.15) is 0 Å². The van der Waals surface area contributed by atoms with Crippen LogP contribution in [0.5, 0.6) is 0 Å². The van der Waals surface area contributed by atoms with Gasteiger partial charge in [-0.15, -0.1) is 0 Å². The molecule has 1 fully saturated rings. The van der Waals surface area contributed by atoms with Crippen LogP contribution in [-0.4, -0.2) is 18.7 Å². The van der Waals surface area contributed by atoms with Gasteiger partial charge in [0.15, 0.2) is 0 Å². The molecule has 0 heterocycles. The standard InChI is InChI=1S/C17H27NO/c1-3-11-18-16-7-9-17(10-8-16)19-13-15-6-4-5-14(2)12-15/h4-6,12,16-18H,3,7-11,13H2,1-2H3. The lowest BCUT2D eigenvalue weighted by molar-refractivity contribution is 0.0113. The molecule has 0 aromatic heterocycles. The Morgan fingerprint density at radius 3 is 2.68 bits per heavy atom. The molecular formula is C17H27NO. The zero-order chi connectivity index (χ0) is 13.5. The highest BCUT2D eigenvalue weighted by atomic mass is 16.5. The van der Waals surface area contributed by atoms with Crippen molar-refractivity contribution < 1.29 is 4.74 Å². The Hall–Kier alpha value is -0.860. The molecule has 1 aliphatic carbocycles. The van der Waals surface area contributed by atoms with Crippen molar-refractivity contribution in [2.24, 2.45) is 0 Å². The highest BCUT2D eigenvalue weighted by Crippen LogP contribution is 2.22. The van der Waals surface area contributed by atoms with E-state index in [2.05, 4.69) is 43.4 Å². The fourth-order valence-corrected chi connectivity index (χ4v) is 2.80. The zero-order valence-corrected chi connectivity index (χ0v) is 12.3. The van der Waals surface area contributed by atoms with Crippen LogP contribution in [-0.2, 0) is 11.3 Å². The summed E-state index contributed by atoms with van der Waals surface area (Å²) in [6.07, 6.45) is 6.61. The van der Waals surface area contributed by atoms with Gasteiger partial charge < -0.3 is 10.1 Å². The topological polar surface area (TPSA) is 21.3 Å². The summed E-state index contributed by atoms with van der Waals surface area (Å²) in [7, 11) is 0. The van der Waals surface area contributed by atoms with Gasteiger partial charge in [0, 0.05) is 6.04 Å². The van der Waals surface area contributed by atoms with Crippen molar-refractivity contribution in [3.05, 3.63) is 35.4 Å². The maximum Gasteiger partial charge on any atom is 0.0720 e. The number of nitrogens with one attached hydrogen (secondary N) is 1. The molecule has 19 heavy (non-hydrogen) atoms. The molecular weight excluding hydrogens is 234 g/mol. The molecule has 1 aliphatic rings. The molecule has 1 aromatic carbocycles. The Morgan fingerprint density at radius 1 is 1.21 bits per heavy atom. The molecule has 2 nitrogen and oxygen atoms in total. The van der Waals surface area contributed by atoms with Gasteiger partial charge in [-0.2, -0.15) is 0 Å². The van der Waals surface area contributed by atoms with Crippen LogP contribution in [0.3, 0.4) is 0 Å². The SMILES string of the molecule is CCCNC1CCC(OCc2cccc(C)c2)CC1. The van der Waals surface area contributed by atoms with Gasteiger partial charge in [0.05, 0.1) is 12.7 Å². The number of aryl methyl sites for hydroxylation is 1. The van der Waals surface area contributed by atoms with Gasteiger partial charge in [-0.3, -0.25) is 0 Å². The molecule has 2 rings (SSSR count). The van der Waals surface area contributed by atoms with Crippen molar-refractivity contribution in [1.82, 2.24) is 5.32 Å². The predicted octanol–water partition coefficient (Wildman–Crippen LogP) is 3.82. The van der Waals surface area contributed by atoms with Crippen molar-refractivity contribution in [3.8, 4) is 0 Å². The second-order valence-corrected chi connectivity index (χ2v) is 5.73. The van der Waals surface area contributed by atoms with Crippen LogP contribution in [0.2, 0.25) is 0 Å². The molecule has 0 aliphatic heterocycles. The molecule has 0 atom stereocenters. The third-order valence-corrected chi connectivity index (χ3v) is 3.93. The largest absolute Gasteiger partial charge is 0.374 e. The zero-order valence-electron chi connectivity index (χ0n) is 12.3. The summed E-state index contributed by atoms with van der Waals surface area (Å²) in [5.74, 6) is 0. The van der Waals surface area contributed by atoms with Gasteiger partial charge in [-0.25, -0.2) is 0 Å². The third-order valence-electron chi connectivity index (χ3n) is 3.93. The fraction of sp³-hybridized carbons (Fsp3) is 0.647. The van der Waals surface area contributed by atoms with Gasteiger partial charge in [-0.1, -0.05) is 36.8 Å². The van der Waals surface area contributed by atoms with E-state index >= 15 is 0 Å². The van der Waals surface area contributed by atoms with Crippen molar-refractivity contribution in [1.29, 1.82) is 0 Å². The maximum atomic E-state index is 6.05. The van der Waals surface area contributed by atoms with Gasteiger partial charge in [0.25, 0.3) is 0 Å². The second-order valence-electron chi connectivity index (χ2n) is 5.73. The molecule has 0 amide bonds. The van der Waals surface area contributed by atoms with Crippen molar-refractivity contribution in [2.45, 2.75) is 64.7 Å². The molecule has 1 aromatic rings. The summed E-state index contributed by atoms with van der Waals surface area (Å²) in [6.45, 7) is 6.27. The highest BCUT2D eigenvalue weighted by Gasteiger charge is 2.20. The van der Waals surface area contributed by atoms with Crippen molar-refractivity contribution in [3.63, 3.8) is 0 Å². The van der Waals surface area contributed by atoms with E-state index in [9.17, 15) is 0 Å². The first-order valence-electron chi connectivity index (χ1n) is 7.68. The van der Waals surface area contributed by atoms with Crippen LogP contribution in [0.4, 0.5) is 0 Å². The van der Waals surface area contributed by atoms with E-state index in [1.807, 2.05) is 0 Å². The van der Waals surface area contributed by atoms with E-state index in [1.54, 1.807) is 0 Å². The summed E-state index contributed by atoms with van der Waals surface area (Å²) in [6, 6.07) is 9.34. The van der Waals surface area contributed by atoms with E-state index in [1.165, 1.54) is 43.2 Å². The summed E-state index contributed by atoms with van der Waals surface area (Å²) < 4.78 is 6.05. The minimum atomic E-state index is 0.459. The lowest BCUT2D eigenvalue weighted by atomic mass is 9.93. The Labute approximate surface area is 117 Å². The van der Waals surface area contributed by atoms with Crippen LogP contribution < -0.4 is 5.32 Å². The van der Waals surface area contributed by atoms with Crippen LogP contribution in [0.15, 0.2) is 24.3 Å². The molecule has 0 bridgehead atoms. The Bertz CT molecular complexity index is 369. The molecule has 2 heteroatoms. The molecule has 0 spiro atoms. The minimum absolute atomic E-state index is 0.459. The number of rotatable bonds is 6. The van der Waals surface area contributed by atoms with Gasteiger partial charge in [-0.05, 0) is 51.1 Å². The van der Waals surface area contributed by atoms with Gasteiger partial charge in [0.2, 0.25) is 0 Å². The summed E-state index contributed by atoms with van der Waals surface area (Å²) in [5.41, 5.74) is 2.61. The van der Waals surface area contributed by atoms with Crippen LogP contribution >= 0.6 is 0 Å². The van der Waals surface area contributed by atoms with Crippen LogP contribution in [0.25, 0.3) is 0 Å². The summed E-state index contributed by atoms with van der Waals surface area (Å²) in [5, 5.41) is 3.62. The molecule has 1 N–H and O–H groups in total. The van der Waals surface area contributed by atoms with Crippen molar-refractivity contribution in [2.75, 3.05) is 6.54 Å². The predicted molar refractivity (Wildman–Crippen MR) is 80.3 cm³/mol. The third kappa shape index (κ3) is 4.96. The molecule has 1 saturated carbocycles. The lowest BCUT2D eigenvalue weighted by Gasteiger charge is -2.29. The normalized spacial score (nSPS) is 23.5. The molecule has 106 valence electrons. The Balaban J connectivity index is 1.68. The number of hydrogen-bond donors (Lipinski definition) is 1. The highest BCUT2D eigenvalue weighted by molar-refractivity contribution is 5.21.